The van der Waals surface area contributed by atoms with Crippen molar-refractivity contribution in [2.75, 3.05) is 50.8 Å². The Kier molecular flexibility index (Phi) is 7.47. The molecular weight excluding hydrogens is 338 g/mol. The highest BCUT2D eigenvalue weighted by Gasteiger charge is 2.20. The molecule has 1 N–H and O–H groups in total. The first-order chi connectivity index (χ1) is 13.4. The molecule has 0 aliphatic carbocycles. The summed E-state index contributed by atoms with van der Waals surface area (Å²) in [6, 6.07) is 16.3. The van der Waals surface area contributed by atoms with Crippen molar-refractivity contribution in [3.63, 3.8) is 0 Å². The average Bonchev–Trinajstić information content (AvgIpc) is 2.74. The molecule has 1 aliphatic heterocycles. The topological polar surface area (TPSA) is 53.0 Å². The van der Waals surface area contributed by atoms with Gasteiger partial charge in [0.05, 0.1) is 19.8 Å². The van der Waals surface area contributed by atoms with Gasteiger partial charge in [0, 0.05) is 38.9 Å². The fourth-order valence-corrected chi connectivity index (χ4v) is 3.09. The van der Waals surface area contributed by atoms with Gasteiger partial charge >= 0.3 is 0 Å². The molecule has 3 rings (SSSR count). The summed E-state index contributed by atoms with van der Waals surface area (Å²) in [6.45, 7) is 8.66. The number of nitrogens with one attached hydrogen (secondary N) is 1. The molecule has 6 nitrogen and oxygen atoms in total. The molecule has 0 unspecified atom stereocenters. The Morgan fingerprint density at radius 1 is 1.07 bits per heavy atom. The molecule has 0 saturated carbocycles. The summed E-state index contributed by atoms with van der Waals surface area (Å²) in [5.74, 6) is 2.02. The van der Waals surface area contributed by atoms with Crippen molar-refractivity contribution >= 4 is 11.8 Å². The first kappa shape index (κ1) is 19.2. The maximum absolute atomic E-state index is 5.74. The smallest absolute Gasteiger partial charge is 0.194 e. The van der Waals surface area contributed by atoms with Gasteiger partial charge in [0.15, 0.2) is 5.96 Å². The van der Waals surface area contributed by atoms with Gasteiger partial charge < -0.3 is 19.9 Å². The van der Waals surface area contributed by atoms with E-state index in [9.17, 15) is 0 Å². The highest BCUT2D eigenvalue weighted by molar-refractivity contribution is 5.80. The number of benzene rings is 1. The van der Waals surface area contributed by atoms with E-state index < -0.39 is 0 Å². The first-order valence-corrected chi connectivity index (χ1v) is 9.67. The minimum atomic E-state index is 0.623. The fraction of sp³-hybridized carbons (Fsp3) is 0.429. The molecule has 144 valence electrons. The van der Waals surface area contributed by atoms with Crippen LogP contribution in [0, 0.1) is 0 Å². The van der Waals surface area contributed by atoms with E-state index >= 15 is 0 Å². The van der Waals surface area contributed by atoms with E-state index in [1.165, 1.54) is 5.56 Å². The predicted octanol–water partition coefficient (Wildman–Crippen LogP) is 2.39. The van der Waals surface area contributed by atoms with Gasteiger partial charge in [-0.15, -0.1) is 0 Å². The highest BCUT2D eigenvalue weighted by Crippen LogP contribution is 2.12. The summed E-state index contributed by atoms with van der Waals surface area (Å²) < 4.78 is 5.74. The molecule has 27 heavy (non-hydrogen) atoms. The second kappa shape index (κ2) is 10.5. The number of aromatic nitrogens is 1. The summed E-state index contributed by atoms with van der Waals surface area (Å²) >= 11 is 0. The van der Waals surface area contributed by atoms with Crippen molar-refractivity contribution in [1.29, 1.82) is 0 Å². The number of hydrogen-bond donors (Lipinski definition) is 1. The van der Waals surface area contributed by atoms with Crippen LogP contribution in [-0.4, -0.2) is 61.7 Å². The van der Waals surface area contributed by atoms with Gasteiger partial charge in [0.1, 0.15) is 5.82 Å². The molecule has 0 bridgehead atoms. The molecule has 1 fully saturated rings. The molecule has 1 aromatic heterocycles. The minimum absolute atomic E-state index is 0.623. The van der Waals surface area contributed by atoms with Crippen LogP contribution in [0.4, 0.5) is 5.82 Å². The third-order valence-electron chi connectivity index (χ3n) is 4.50. The van der Waals surface area contributed by atoms with Gasteiger partial charge in [-0.2, -0.15) is 0 Å². The Labute approximate surface area is 161 Å². The Hall–Kier alpha value is -2.60. The lowest BCUT2D eigenvalue weighted by atomic mass is 10.2. The van der Waals surface area contributed by atoms with Gasteiger partial charge in [-0.05, 0) is 24.6 Å². The Bertz CT molecular complexity index is 684. The third-order valence-corrected chi connectivity index (χ3v) is 4.50. The molecule has 1 aromatic carbocycles. The molecule has 2 aromatic rings. The number of guanidine groups is 1. The standard InChI is InChI=1S/C21H29N5O/c1-2-22-21(24-12-17-27-18-19-8-4-3-5-9-19)26-15-13-25(14-16-26)20-10-6-7-11-23-20/h3-11H,2,12-18H2,1H3,(H,22,24). The lowest BCUT2D eigenvalue weighted by Crippen LogP contribution is -2.52. The van der Waals surface area contributed by atoms with Crippen molar-refractivity contribution in [2.45, 2.75) is 13.5 Å². The number of rotatable bonds is 7. The molecule has 0 atom stereocenters. The van der Waals surface area contributed by atoms with Crippen LogP contribution in [-0.2, 0) is 11.3 Å². The zero-order valence-electron chi connectivity index (χ0n) is 16.1. The van der Waals surface area contributed by atoms with Crippen LogP contribution in [0.25, 0.3) is 0 Å². The van der Waals surface area contributed by atoms with E-state index in [0.717, 1.165) is 44.5 Å². The van der Waals surface area contributed by atoms with Crippen molar-refractivity contribution in [3.05, 3.63) is 60.3 Å². The molecule has 0 spiro atoms. The summed E-state index contributed by atoms with van der Waals surface area (Å²) in [4.78, 5) is 13.8. The Morgan fingerprint density at radius 2 is 1.85 bits per heavy atom. The number of pyridine rings is 1. The zero-order valence-corrected chi connectivity index (χ0v) is 16.1. The molecule has 0 radical (unpaired) electrons. The lowest BCUT2D eigenvalue weighted by molar-refractivity contribution is 0.128. The van der Waals surface area contributed by atoms with Crippen LogP contribution in [0.3, 0.4) is 0 Å². The fourth-order valence-electron chi connectivity index (χ4n) is 3.09. The van der Waals surface area contributed by atoms with Crippen LogP contribution in [0.5, 0.6) is 0 Å². The van der Waals surface area contributed by atoms with Gasteiger partial charge in [0.2, 0.25) is 0 Å². The summed E-state index contributed by atoms with van der Waals surface area (Å²) in [6.07, 6.45) is 1.85. The summed E-state index contributed by atoms with van der Waals surface area (Å²) in [7, 11) is 0. The second-order valence-corrected chi connectivity index (χ2v) is 6.44. The summed E-state index contributed by atoms with van der Waals surface area (Å²) in [5, 5.41) is 3.40. The van der Waals surface area contributed by atoms with Gasteiger partial charge in [-0.25, -0.2) is 4.98 Å². The van der Waals surface area contributed by atoms with E-state index in [1.807, 2.05) is 36.5 Å². The minimum Gasteiger partial charge on any atom is -0.375 e. The van der Waals surface area contributed by atoms with Crippen LogP contribution in [0.2, 0.25) is 0 Å². The maximum atomic E-state index is 5.74. The van der Waals surface area contributed by atoms with E-state index in [-0.39, 0.29) is 0 Å². The largest absolute Gasteiger partial charge is 0.375 e. The van der Waals surface area contributed by atoms with Gasteiger partial charge in [-0.1, -0.05) is 36.4 Å². The van der Waals surface area contributed by atoms with E-state index in [2.05, 4.69) is 45.2 Å². The van der Waals surface area contributed by atoms with Crippen molar-refractivity contribution in [3.8, 4) is 0 Å². The first-order valence-electron chi connectivity index (χ1n) is 9.67. The SMILES string of the molecule is CCNC(=NCCOCc1ccccc1)N1CCN(c2ccccn2)CC1. The van der Waals surface area contributed by atoms with Crippen molar-refractivity contribution in [2.24, 2.45) is 4.99 Å². The number of hydrogen-bond acceptors (Lipinski definition) is 4. The van der Waals surface area contributed by atoms with Crippen LogP contribution < -0.4 is 10.2 Å². The van der Waals surface area contributed by atoms with E-state index in [4.69, 9.17) is 9.73 Å². The second-order valence-electron chi connectivity index (χ2n) is 6.44. The summed E-state index contributed by atoms with van der Waals surface area (Å²) in [5.41, 5.74) is 1.19. The average molecular weight is 367 g/mol. The number of anilines is 1. The van der Waals surface area contributed by atoms with Crippen LogP contribution in [0.15, 0.2) is 59.7 Å². The van der Waals surface area contributed by atoms with Gasteiger partial charge in [-0.3, -0.25) is 4.99 Å². The van der Waals surface area contributed by atoms with Crippen LogP contribution in [0.1, 0.15) is 12.5 Å². The molecule has 1 aliphatic rings. The highest BCUT2D eigenvalue weighted by atomic mass is 16.5. The third kappa shape index (κ3) is 5.96. The van der Waals surface area contributed by atoms with Gasteiger partial charge in [0.25, 0.3) is 0 Å². The number of piperazine rings is 1. The van der Waals surface area contributed by atoms with Crippen molar-refractivity contribution in [1.82, 2.24) is 15.2 Å². The van der Waals surface area contributed by atoms with Crippen molar-refractivity contribution < 1.29 is 4.74 Å². The maximum Gasteiger partial charge on any atom is 0.194 e. The zero-order chi connectivity index (χ0) is 18.7. The molecule has 2 heterocycles. The Morgan fingerprint density at radius 3 is 2.56 bits per heavy atom. The number of nitrogens with zero attached hydrogens (tertiary/aromatic N) is 4. The van der Waals surface area contributed by atoms with Crippen LogP contribution >= 0.6 is 0 Å². The van der Waals surface area contributed by atoms with E-state index in [0.29, 0.717) is 19.8 Å². The normalized spacial score (nSPS) is 15.1. The quantitative estimate of drug-likeness (QED) is 0.463. The lowest BCUT2D eigenvalue weighted by Gasteiger charge is -2.37. The Balaban J connectivity index is 1.45. The molecule has 0 amide bonds. The predicted molar refractivity (Wildman–Crippen MR) is 110 cm³/mol. The molecular formula is C21H29N5O. The monoisotopic (exact) mass is 367 g/mol. The number of ether oxygens (including phenoxy) is 1. The number of aliphatic imine (C=N–C) groups is 1. The molecule has 6 heteroatoms. The van der Waals surface area contributed by atoms with E-state index in [1.54, 1.807) is 0 Å². The molecule has 1 saturated heterocycles.